The molecule has 2 heterocycles. The van der Waals surface area contributed by atoms with Crippen molar-refractivity contribution in [2.45, 2.75) is 12.8 Å². The predicted octanol–water partition coefficient (Wildman–Crippen LogP) is 1.99. The van der Waals surface area contributed by atoms with E-state index in [1.165, 1.54) is 5.69 Å². The van der Waals surface area contributed by atoms with E-state index in [1.54, 1.807) is 0 Å². The molecule has 1 N–H and O–H groups in total. The van der Waals surface area contributed by atoms with Gasteiger partial charge in [0.15, 0.2) is 0 Å². The normalized spacial score (nSPS) is 16.8. The molecule has 0 amide bonds. The van der Waals surface area contributed by atoms with E-state index in [2.05, 4.69) is 29.3 Å². The molecule has 17 heavy (non-hydrogen) atoms. The molecule has 0 aromatic carbocycles. The zero-order valence-electron chi connectivity index (χ0n) is 10.6. The van der Waals surface area contributed by atoms with E-state index >= 15 is 0 Å². The molecule has 0 unspecified atom stereocenters. The van der Waals surface area contributed by atoms with E-state index in [4.69, 9.17) is 4.74 Å². The number of nitrogens with one attached hydrogen (secondary N) is 1. The summed E-state index contributed by atoms with van der Waals surface area (Å²) in [5, 5.41) is 3.50. The van der Waals surface area contributed by atoms with E-state index in [9.17, 15) is 0 Å². The lowest BCUT2D eigenvalue weighted by molar-refractivity contribution is 0.0699. The minimum atomic E-state index is 0.721. The average Bonchev–Trinajstić information content (AvgIpc) is 2.38. The van der Waals surface area contributed by atoms with Gasteiger partial charge in [-0.1, -0.05) is 0 Å². The lowest BCUT2D eigenvalue weighted by Gasteiger charge is -2.24. The van der Waals surface area contributed by atoms with Crippen LogP contribution in [-0.2, 0) is 4.74 Å². The fourth-order valence-electron chi connectivity index (χ4n) is 2.12. The summed E-state index contributed by atoms with van der Waals surface area (Å²) >= 11 is 0. The second kappa shape index (κ2) is 5.87. The van der Waals surface area contributed by atoms with Crippen LogP contribution in [0.25, 0.3) is 0 Å². The quantitative estimate of drug-likeness (QED) is 0.866. The van der Waals surface area contributed by atoms with Crippen molar-refractivity contribution in [3.05, 3.63) is 18.5 Å². The van der Waals surface area contributed by atoms with E-state index in [1.807, 2.05) is 18.5 Å². The largest absolute Gasteiger partial charge is 0.382 e. The monoisotopic (exact) mass is 235 g/mol. The lowest BCUT2D eigenvalue weighted by atomic mass is 10.0. The highest BCUT2D eigenvalue weighted by Crippen LogP contribution is 2.23. The third-order valence-corrected chi connectivity index (χ3v) is 3.20. The Kier molecular flexibility index (Phi) is 4.20. The molecule has 0 aliphatic carbocycles. The van der Waals surface area contributed by atoms with E-state index in [0.29, 0.717) is 0 Å². The van der Waals surface area contributed by atoms with Crippen LogP contribution in [0.2, 0.25) is 0 Å². The standard InChI is InChI=1S/C13H21N3O/c1-16(2)13-3-6-14-10-12(13)15-9-11-4-7-17-8-5-11/h3,6,10-11,15H,4-5,7-9H2,1-2H3. The summed E-state index contributed by atoms with van der Waals surface area (Å²) in [7, 11) is 4.10. The molecule has 1 aliphatic heterocycles. The van der Waals surface area contributed by atoms with Crippen molar-refractivity contribution in [3.8, 4) is 0 Å². The van der Waals surface area contributed by atoms with Crippen molar-refractivity contribution >= 4 is 11.4 Å². The van der Waals surface area contributed by atoms with Crippen molar-refractivity contribution in [1.29, 1.82) is 0 Å². The summed E-state index contributed by atoms with van der Waals surface area (Å²) < 4.78 is 5.37. The van der Waals surface area contributed by atoms with Gasteiger partial charge in [-0.15, -0.1) is 0 Å². The molecule has 1 saturated heterocycles. The van der Waals surface area contributed by atoms with Gasteiger partial charge in [0.2, 0.25) is 0 Å². The van der Waals surface area contributed by atoms with Crippen LogP contribution < -0.4 is 10.2 Å². The number of nitrogens with zero attached hydrogens (tertiary/aromatic N) is 2. The molecule has 0 spiro atoms. The molecule has 94 valence electrons. The van der Waals surface area contributed by atoms with Crippen molar-refractivity contribution in [1.82, 2.24) is 4.98 Å². The fraction of sp³-hybridized carbons (Fsp3) is 0.615. The molecule has 1 aliphatic rings. The van der Waals surface area contributed by atoms with Crippen LogP contribution in [0, 0.1) is 5.92 Å². The summed E-state index contributed by atoms with van der Waals surface area (Å²) in [6.07, 6.45) is 6.04. The maximum absolute atomic E-state index is 5.37. The highest BCUT2D eigenvalue weighted by Gasteiger charge is 2.14. The highest BCUT2D eigenvalue weighted by atomic mass is 16.5. The molecular weight excluding hydrogens is 214 g/mol. The van der Waals surface area contributed by atoms with Crippen LogP contribution in [0.1, 0.15) is 12.8 Å². The van der Waals surface area contributed by atoms with Crippen molar-refractivity contribution < 1.29 is 4.74 Å². The summed E-state index contributed by atoms with van der Waals surface area (Å²) in [4.78, 5) is 6.28. The minimum absolute atomic E-state index is 0.721. The Morgan fingerprint density at radius 3 is 2.88 bits per heavy atom. The Labute approximate surface area is 103 Å². The van der Waals surface area contributed by atoms with Gasteiger partial charge in [0.1, 0.15) is 0 Å². The average molecular weight is 235 g/mol. The van der Waals surface area contributed by atoms with Gasteiger partial charge in [0.25, 0.3) is 0 Å². The number of anilines is 2. The maximum Gasteiger partial charge on any atom is 0.0764 e. The molecule has 0 bridgehead atoms. The lowest BCUT2D eigenvalue weighted by Crippen LogP contribution is -2.23. The fourth-order valence-corrected chi connectivity index (χ4v) is 2.12. The molecule has 1 fully saturated rings. The van der Waals surface area contributed by atoms with Gasteiger partial charge in [-0.3, -0.25) is 4.98 Å². The molecule has 4 heteroatoms. The van der Waals surface area contributed by atoms with Crippen LogP contribution in [-0.4, -0.2) is 38.8 Å². The van der Waals surface area contributed by atoms with Crippen LogP contribution >= 0.6 is 0 Å². The topological polar surface area (TPSA) is 37.4 Å². The zero-order chi connectivity index (χ0) is 12.1. The van der Waals surface area contributed by atoms with E-state index in [0.717, 1.165) is 44.2 Å². The number of pyridine rings is 1. The van der Waals surface area contributed by atoms with Gasteiger partial charge in [0.05, 0.1) is 17.6 Å². The smallest absolute Gasteiger partial charge is 0.0764 e. The Morgan fingerprint density at radius 1 is 1.41 bits per heavy atom. The third-order valence-electron chi connectivity index (χ3n) is 3.20. The molecule has 0 radical (unpaired) electrons. The Balaban J connectivity index is 1.93. The minimum Gasteiger partial charge on any atom is -0.382 e. The maximum atomic E-state index is 5.37. The van der Waals surface area contributed by atoms with Crippen LogP contribution in [0.15, 0.2) is 18.5 Å². The first-order chi connectivity index (χ1) is 8.27. The first-order valence-electron chi connectivity index (χ1n) is 6.20. The molecule has 2 rings (SSSR count). The molecule has 4 nitrogen and oxygen atoms in total. The van der Waals surface area contributed by atoms with E-state index < -0.39 is 0 Å². The molecule has 1 aromatic rings. The number of hydrogen-bond donors (Lipinski definition) is 1. The number of ether oxygens (including phenoxy) is 1. The van der Waals surface area contributed by atoms with Gasteiger partial charge < -0.3 is 15.0 Å². The SMILES string of the molecule is CN(C)c1ccncc1NCC1CCOCC1. The summed E-state index contributed by atoms with van der Waals surface area (Å²) in [5.74, 6) is 0.721. The zero-order valence-corrected chi connectivity index (χ0v) is 10.6. The highest BCUT2D eigenvalue weighted by molar-refractivity contribution is 5.68. The summed E-state index contributed by atoms with van der Waals surface area (Å²) in [6, 6.07) is 2.03. The number of hydrogen-bond acceptors (Lipinski definition) is 4. The first kappa shape index (κ1) is 12.2. The van der Waals surface area contributed by atoms with Crippen LogP contribution in [0.3, 0.4) is 0 Å². The second-order valence-electron chi connectivity index (χ2n) is 4.72. The number of aromatic nitrogens is 1. The molecule has 1 aromatic heterocycles. The Hall–Kier alpha value is -1.29. The van der Waals surface area contributed by atoms with Gasteiger partial charge in [-0.2, -0.15) is 0 Å². The summed E-state index contributed by atoms with van der Waals surface area (Å²) in [5.41, 5.74) is 2.30. The Morgan fingerprint density at radius 2 is 2.18 bits per heavy atom. The summed E-state index contributed by atoms with van der Waals surface area (Å²) in [6.45, 7) is 2.82. The van der Waals surface area contributed by atoms with Crippen LogP contribution in [0.4, 0.5) is 11.4 Å². The molecule has 0 atom stereocenters. The van der Waals surface area contributed by atoms with Crippen LogP contribution in [0.5, 0.6) is 0 Å². The van der Waals surface area contributed by atoms with Crippen molar-refractivity contribution in [2.24, 2.45) is 5.92 Å². The van der Waals surface area contributed by atoms with E-state index in [-0.39, 0.29) is 0 Å². The Bertz CT molecular complexity index is 348. The number of rotatable bonds is 4. The van der Waals surface area contributed by atoms with Gasteiger partial charge in [-0.05, 0) is 24.8 Å². The molecule has 0 saturated carbocycles. The van der Waals surface area contributed by atoms with Gasteiger partial charge in [0, 0.05) is 40.1 Å². The van der Waals surface area contributed by atoms with Gasteiger partial charge >= 0.3 is 0 Å². The predicted molar refractivity (Wildman–Crippen MR) is 70.6 cm³/mol. The third kappa shape index (κ3) is 3.33. The van der Waals surface area contributed by atoms with Gasteiger partial charge in [-0.25, -0.2) is 0 Å². The van der Waals surface area contributed by atoms with Crippen molar-refractivity contribution in [3.63, 3.8) is 0 Å². The molecular formula is C13H21N3O. The van der Waals surface area contributed by atoms with Crippen molar-refractivity contribution in [2.75, 3.05) is 44.1 Å². The second-order valence-corrected chi connectivity index (χ2v) is 4.72. The first-order valence-corrected chi connectivity index (χ1v) is 6.20.